The van der Waals surface area contributed by atoms with E-state index < -0.39 is 0 Å². The van der Waals surface area contributed by atoms with E-state index in [-0.39, 0.29) is 6.61 Å². The first-order valence-corrected chi connectivity index (χ1v) is 3.46. The minimum absolute atomic E-state index is 0.145. The molecule has 0 fully saturated rings. The Morgan fingerprint density at radius 2 is 2.42 bits per heavy atom. The standard InChI is InChI=1S/C9H9NO2/c1-12-9-5-4-8(10-7-9)3-2-6-11/h4-5,7,11H,6H2,1H3. The summed E-state index contributed by atoms with van der Waals surface area (Å²) in [5, 5.41) is 8.40. The van der Waals surface area contributed by atoms with Crippen LogP contribution in [0.25, 0.3) is 0 Å². The first-order valence-electron chi connectivity index (χ1n) is 3.46. The third-order valence-corrected chi connectivity index (χ3v) is 1.27. The van der Waals surface area contributed by atoms with Crippen molar-refractivity contribution in [1.82, 2.24) is 4.98 Å². The normalized spacial score (nSPS) is 8.50. The van der Waals surface area contributed by atoms with Crippen LogP contribution in [0.2, 0.25) is 0 Å². The molecule has 0 unspecified atom stereocenters. The Morgan fingerprint density at radius 1 is 1.58 bits per heavy atom. The zero-order chi connectivity index (χ0) is 8.81. The summed E-state index contributed by atoms with van der Waals surface area (Å²) in [6.07, 6.45) is 1.58. The number of hydrogen-bond donors (Lipinski definition) is 1. The van der Waals surface area contributed by atoms with E-state index in [1.807, 2.05) is 0 Å². The fraction of sp³-hybridized carbons (Fsp3) is 0.222. The van der Waals surface area contributed by atoms with Gasteiger partial charge in [0.25, 0.3) is 0 Å². The number of nitrogens with zero attached hydrogens (tertiary/aromatic N) is 1. The summed E-state index contributed by atoms with van der Waals surface area (Å²) in [5.41, 5.74) is 0.629. The van der Waals surface area contributed by atoms with E-state index in [1.54, 1.807) is 25.4 Å². The van der Waals surface area contributed by atoms with Crippen LogP contribution in [0.15, 0.2) is 18.3 Å². The maximum atomic E-state index is 8.40. The first kappa shape index (κ1) is 8.57. The van der Waals surface area contributed by atoms with Gasteiger partial charge in [0.2, 0.25) is 0 Å². The second-order valence-electron chi connectivity index (χ2n) is 2.04. The molecule has 0 radical (unpaired) electrons. The molecule has 0 aliphatic rings. The highest BCUT2D eigenvalue weighted by atomic mass is 16.5. The van der Waals surface area contributed by atoms with Crippen molar-refractivity contribution in [3.8, 4) is 17.6 Å². The van der Waals surface area contributed by atoms with Gasteiger partial charge < -0.3 is 9.84 Å². The summed E-state index contributed by atoms with van der Waals surface area (Å²) in [5.74, 6) is 5.88. The van der Waals surface area contributed by atoms with Crippen LogP contribution >= 0.6 is 0 Å². The summed E-state index contributed by atoms with van der Waals surface area (Å²) >= 11 is 0. The molecule has 1 aromatic heterocycles. The van der Waals surface area contributed by atoms with E-state index in [2.05, 4.69) is 16.8 Å². The molecule has 0 bridgehead atoms. The van der Waals surface area contributed by atoms with Crippen LogP contribution in [0, 0.1) is 11.8 Å². The molecule has 0 amide bonds. The van der Waals surface area contributed by atoms with Crippen LogP contribution in [-0.4, -0.2) is 23.8 Å². The van der Waals surface area contributed by atoms with Gasteiger partial charge in [0, 0.05) is 0 Å². The fourth-order valence-corrected chi connectivity index (χ4v) is 0.705. The Balaban J connectivity index is 2.78. The van der Waals surface area contributed by atoms with E-state index in [0.29, 0.717) is 11.4 Å². The van der Waals surface area contributed by atoms with Crippen LogP contribution in [0.1, 0.15) is 5.69 Å². The average molecular weight is 163 g/mol. The van der Waals surface area contributed by atoms with Gasteiger partial charge in [-0.2, -0.15) is 0 Å². The highest BCUT2D eigenvalue weighted by molar-refractivity contribution is 5.30. The lowest BCUT2D eigenvalue weighted by molar-refractivity contribution is 0.350. The maximum absolute atomic E-state index is 8.40. The van der Waals surface area contributed by atoms with E-state index in [4.69, 9.17) is 9.84 Å². The Hall–Kier alpha value is -1.53. The lowest BCUT2D eigenvalue weighted by Crippen LogP contribution is -1.86. The summed E-state index contributed by atoms with van der Waals surface area (Å²) < 4.78 is 4.91. The van der Waals surface area contributed by atoms with Gasteiger partial charge in [-0.1, -0.05) is 5.92 Å². The second kappa shape index (κ2) is 4.37. The second-order valence-corrected chi connectivity index (χ2v) is 2.04. The highest BCUT2D eigenvalue weighted by Crippen LogP contribution is 2.06. The molecule has 0 aromatic carbocycles. The fourth-order valence-electron chi connectivity index (χ4n) is 0.705. The molecule has 3 heteroatoms. The molecule has 1 aromatic rings. The van der Waals surface area contributed by atoms with Gasteiger partial charge in [-0.15, -0.1) is 0 Å². The van der Waals surface area contributed by atoms with Crippen LogP contribution in [0.5, 0.6) is 5.75 Å². The highest BCUT2D eigenvalue weighted by Gasteiger charge is 1.90. The number of methoxy groups -OCH3 is 1. The van der Waals surface area contributed by atoms with Gasteiger partial charge in [-0.3, -0.25) is 0 Å². The van der Waals surface area contributed by atoms with Gasteiger partial charge in [-0.05, 0) is 18.1 Å². The predicted octanol–water partition coefficient (Wildman–Crippen LogP) is 0.434. The quantitative estimate of drug-likeness (QED) is 0.610. The molecule has 1 heterocycles. The number of rotatable bonds is 1. The Kier molecular flexibility index (Phi) is 3.12. The Morgan fingerprint density at radius 3 is 2.92 bits per heavy atom. The number of aliphatic hydroxyl groups excluding tert-OH is 1. The number of ether oxygens (including phenoxy) is 1. The molecule has 0 spiro atoms. The van der Waals surface area contributed by atoms with Gasteiger partial charge in [0.05, 0.1) is 13.3 Å². The van der Waals surface area contributed by atoms with Crippen LogP contribution in [0.4, 0.5) is 0 Å². The Labute approximate surface area is 71.0 Å². The van der Waals surface area contributed by atoms with Crippen molar-refractivity contribution in [3.05, 3.63) is 24.0 Å². The Bertz CT molecular complexity index is 295. The summed E-state index contributed by atoms with van der Waals surface area (Å²) in [4.78, 5) is 3.98. The smallest absolute Gasteiger partial charge is 0.137 e. The number of hydrogen-bond acceptors (Lipinski definition) is 3. The number of pyridine rings is 1. The van der Waals surface area contributed by atoms with E-state index in [1.165, 1.54) is 0 Å². The van der Waals surface area contributed by atoms with Crippen molar-refractivity contribution in [1.29, 1.82) is 0 Å². The van der Waals surface area contributed by atoms with Gasteiger partial charge in [0.1, 0.15) is 18.1 Å². The van der Waals surface area contributed by atoms with Crippen molar-refractivity contribution in [2.24, 2.45) is 0 Å². The van der Waals surface area contributed by atoms with E-state index in [0.717, 1.165) is 0 Å². The maximum Gasteiger partial charge on any atom is 0.137 e. The number of aromatic nitrogens is 1. The molecule has 0 aliphatic carbocycles. The van der Waals surface area contributed by atoms with Crippen molar-refractivity contribution in [2.45, 2.75) is 0 Å². The van der Waals surface area contributed by atoms with Gasteiger partial charge in [-0.25, -0.2) is 4.98 Å². The van der Waals surface area contributed by atoms with E-state index in [9.17, 15) is 0 Å². The van der Waals surface area contributed by atoms with Crippen LogP contribution < -0.4 is 4.74 Å². The summed E-state index contributed by atoms with van der Waals surface area (Å²) in [6.45, 7) is -0.145. The van der Waals surface area contributed by atoms with Crippen molar-refractivity contribution in [3.63, 3.8) is 0 Å². The topological polar surface area (TPSA) is 42.4 Å². The SMILES string of the molecule is COc1ccc(C#CCO)nc1. The molecule has 0 atom stereocenters. The minimum Gasteiger partial charge on any atom is -0.495 e. The molecule has 12 heavy (non-hydrogen) atoms. The zero-order valence-corrected chi connectivity index (χ0v) is 6.74. The summed E-state index contributed by atoms with van der Waals surface area (Å²) in [6, 6.07) is 3.51. The molecule has 3 nitrogen and oxygen atoms in total. The van der Waals surface area contributed by atoms with Gasteiger partial charge >= 0.3 is 0 Å². The molecular formula is C9H9NO2. The van der Waals surface area contributed by atoms with Crippen molar-refractivity contribution < 1.29 is 9.84 Å². The largest absolute Gasteiger partial charge is 0.495 e. The number of aliphatic hydroxyl groups is 1. The van der Waals surface area contributed by atoms with Crippen LogP contribution in [-0.2, 0) is 0 Å². The predicted molar refractivity (Wildman–Crippen MR) is 44.8 cm³/mol. The van der Waals surface area contributed by atoms with E-state index >= 15 is 0 Å². The monoisotopic (exact) mass is 163 g/mol. The lowest BCUT2D eigenvalue weighted by Gasteiger charge is -1.96. The van der Waals surface area contributed by atoms with Crippen molar-refractivity contribution >= 4 is 0 Å². The minimum atomic E-state index is -0.145. The average Bonchev–Trinajstić information content (AvgIpc) is 2.15. The van der Waals surface area contributed by atoms with Crippen LogP contribution in [0.3, 0.4) is 0 Å². The van der Waals surface area contributed by atoms with Crippen molar-refractivity contribution in [2.75, 3.05) is 13.7 Å². The molecule has 62 valence electrons. The third kappa shape index (κ3) is 2.26. The zero-order valence-electron chi connectivity index (χ0n) is 6.74. The molecular weight excluding hydrogens is 154 g/mol. The lowest BCUT2D eigenvalue weighted by atomic mass is 10.3. The third-order valence-electron chi connectivity index (χ3n) is 1.27. The summed E-state index contributed by atoms with van der Waals surface area (Å²) in [7, 11) is 1.58. The molecule has 1 N–H and O–H groups in total. The molecule has 0 saturated heterocycles. The van der Waals surface area contributed by atoms with Gasteiger partial charge in [0.15, 0.2) is 0 Å². The molecule has 0 aliphatic heterocycles. The first-order chi connectivity index (χ1) is 5.86. The molecule has 1 rings (SSSR count). The molecule has 0 saturated carbocycles.